The summed E-state index contributed by atoms with van der Waals surface area (Å²) in [7, 11) is 0. The second-order valence-corrected chi connectivity index (χ2v) is 5.57. The monoisotopic (exact) mass is 288 g/mol. The van der Waals surface area contributed by atoms with Crippen LogP contribution in [0.3, 0.4) is 0 Å². The van der Waals surface area contributed by atoms with Crippen LogP contribution in [0.4, 0.5) is 0 Å². The maximum atomic E-state index is 6.54. The molecule has 2 unspecified atom stereocenters. The highest BCUT2D eigenvalue weighted by molar-refractivity contribution is 5.75. The third-order valence-corrected chi connectivity index (χ3v) is 4.01. The highest BCUT2D eigenvalue weighted by Crippen LogP contribution is 2.29. The van der Waals surface area contributed by atoms with Gasteiger partial charge in [0.2, 0.25) is 0 Å². The fourth-order valence-electron chi connectivity index (χ4n) is 2.67. The molecule has 0 aliphatic heterocycles. The first kappa shape index (κ1) is 14.5. The molecule has 2 aromatic carbocycles. The van der Waals surface area contributed by atoms with Gasteiger partial charge in [-0.3, -0.25) is 0 Å². The highest BCUT2D eigenvalue weighted by atomic mass is 14.8. The molecular formula is C20H20N2. The van der Waals surface area contributed by atoms with E-state index in [-0.39, 0.29) is 6.04 Å². The van der Waals surface area contributed by atoms with Crippen LogP contribution in [0, 0.1) is 0 Å². The maximum Gasteiger partial charge on any atom is 0.0727 e. The van der Waals surface area contributed by atoms with Gasteiger partial charge in [0.25, 0.3) is 0 Å². The molecule has 110 valence electrons. The maximum absolute atomic E-state index is 6.54. The van der Waals surface area contributed by atoms with Gasteiger partial charge in [0.15, 0.2) is 0 Å². The minimum Gasteiger partial charge on any atom is -0.322 e. The first-order valence-electron chi connectivity index (χ1n) is 7.43. The Morgan fingerprint density at radius 3 is 2.23 bits per heavy atom. The lowest BCUT2D eigenvalue weighted by Gasteiger charge is -2.34. The van der Waals surface area contributed by atoms with E-state index in [4.69, 9.17) is 11.5 Å². The summed E-state index contributed by atoms with van der Waals surface area (Å²) in [6.07, 6.45) is 10.0. The molecule has 2 nitrogen and oxygen atoms in total. The SMILES string of the molecule is NC1C(c2ccccc2)=CC=CC1(N)C=Cc1ccccc1. The van der Waals surface area contributed by atoms with E-state index in [0.717, 1.165) is 16.7 Å². The fraction of sp³-hybridized carbons (Fsp3) is 0.100. The number of nitrogens with two attached hydrogens (primary N) is 2. The molecule has 2 aromatic rings. The van der Waals surface area contributed by atoms with Gasteiger partial charge >= 0.3 is 0 Å². The van der Waals surface area contributed by atoms with E-state index in [9.17, 15) is 0 Å². The van der Waals surface area contributed by atoms with Gasteiger partial charge in [0.1, 0.15) is 0 Å². The molecule has 0 bridgehead atoms. The molecule has 0 spiro atoms. The minimum absolute atomic E-state index is 0.278. The lowest BCUT2D eigenvalue weighted by Crippen LogP contribution is -2.53. The van der Waals surface area contributed by atoms with E-state index in [2.05, 4.69) is 12.1 Å². The van der Waals surface area contributed by atoms with Crippen LogP contribution in [-0.4, -0.2) is 11.6 Å². The smallest absolute Gasteiger partial charge is 0.0727 e. The van der Waals surface area contributed by atoms with E-state index < -0.39 is 5.54 Å². The van der Waals surface area contributed by atoms with E-state index in [1.807, 2.05) is 78.9 Å². The van der Waals surface area contributed by atoms with Gasteiger partial charge in [-0.05, 0) is 16.7 Å². The Balaban J connectivity index is 1.88. The summed E-state index contributed by atoms with van der Waals surface area (Å²) >= 11 is 0. The summed E-state index contributed by atoms with van der Waals surface area (Å²) in [6.45, 7) is 0. The molecule has 22 heavy (non-hydrogen) atoms. The molecule has 2 heteroatoms. The van der Waals surface area contributed by atoms with E-state index in [1.54, 1.807) is 0 Å². The molecule has 1 aliphatic carbocycles. The van der Waals surface area contributed by atoms with Crippen molar-refractivity contribution in [1.29, 1.82) is 0 Å². The molecule has 3 rings (SSSR count). The van der Waals surface area contributed by atoms with Crippen molar-refractivity contribution in [3.05, 3.63) is 96.1 Å². The van der Waals surface area contributed by atoms with Crippen molar-refractivity contribution >= 4 is 11.6 Å². The van der Waals surface area contributed by atoms with Crippen LogP contribution in [-0.2, 0) is 0 Å². The molecule has 1 aliphatic rings. The molecule has 0 saturated heterocycles. The van der Waals surface area contributed by atoms with Gasteiger partial charge in [-0.1, -0.05) is 91.0 Å². The topological polar surface area (TPSA) is 52.0 Å². The summed E-state index contributed by atoms with van der Waals surface area (Å²) in [6, 6.07) is 20.0. The lowest BCUT2D eigenvalue weighted by molar-refractivity contribution is 0.585. The summed E-state index contributed by atoms with van der Waals surface area (Å²) in [5.74, 6) is 0. The van der Waals surface area contributed by atoms with E-state index in [0.29, 0.717) is 0 Å². The van der Waals surface area contributed by atoms with Crippen LogP contribution in [0.1, 0.15) is 11.1 Å². The quantitative estimate of drug-likeness (QED) is 0.909. The van der Waals surface area contributed by atoms with Crippen LogP contribution >= 0.6 is 0 Å². The third kappa shape index (κ3) is 2.93. The summed E-state index contributed by atoms with van der Waals surface area (Å²) in [4.78, 5) is 0. The fourth-order valence-corrected chi connectivity index (χ4v) is 2.67. The first-order valence-corrected chi connectivity index (χ1v) is 7.43. The average Bonchev–Trinajstić information content (AvgIpc) is 2.58. The van der Waals surface area contributed by atoms with Gasteiger partial charge in [-0.2, -0.15) is 0 Å². The van der Waals surface area contributed by atoms with Gasteiger partial charge in [-0.25, -0.2) is 0 Å². The largest absolute Gasteiger partial charge is 0.322 e. The molecule has 2 atom stereocenters. The van der Waals surface area contributed by atoms with Crippen LogP contribution in [0.2, 0.25) is 0 Å². The number of benzene rings is 2. The molecule has 4 N–H and O–H groups in total. The summed E-state index contributed by atoms with van der Waals surface area (Å²) < 4.78 is 0. The number of hydrogen-bond donors (Lipinski definition) is 2. The standard InChI is InChI=1S/C20H20N2/c21-19-18(17-10-5-2-6-11-17)12-7-14-20(19,22)15-13-16-8-3-1-4-9-16/h1-15,19H,21-22H2. The predicted molar refractivity (Wildman–Crippen MR) is 93.9 cm³/mol. The number of rotatable bonds is 3. The van der Waals surface area contributed by atoms with Crippen LogP contribution in [0.25, 0.3) is 11.6 Å². The zero-order valence-electron chi connectivity index (χ0n) is 12.4. The number of allylic oxidation sites excluding steroid dienone is 2. The second-order valence-electron chi connectivity index (χ2n) is 5.57. The minimum atomic E-state index is -0.685. The molecular weight excluding hydrogens is 268 g/mol. The molecule has 0 fully saturated rings. The Hall–Kier alpha value is -2.42. The molecule has 0 heterocycles. The highest BCUT2D eigenvalue weighted by Gasteiger charge is 2.32. The van der Waals surface area contributed by atoms with Crippen molar-refractivity contribution in [2.24, 2.45) is 11.5 Å². The summed E-state index contributed by atoms with van der Waals surface area (Å²) in [5, 5.41) is 0. The Morgan fingerprint density at radius 2 is 1.55 bits per heavy atom. The van der Waals surface area contributed by atoms with Gasteiger partial charge in [0, 0.05) is 0 Å². The average molecular weight is 288 g/mol. The van der Waals surface area contributed by atoms with E-state index >= 15 is 0 Å². The lowest BCUT2D eigenvalue weighted by atomic mass is 9.79. The third-order valence-electron chi connectivity index (χ3n) is 4.01. The van der Waals surface area contributed by atoms with Crippen LogP contribution < -0.4 is 11.5 Å². The van der Waals surface area contributed by atoms with Crippen molar-refractivity contribution in [3.63, 3.8) is 0 Å². The van der Waals surface area contributed by atoms with Crippen molar-refractivity contribution < 1.29 is 0 Å². The Kier molecular flexibility index (Phi) is 4.05. The van der Waals surface area contributed by atoms with Gasteiger partial charge in [-0.15, -0.1) is 0 Å². The van der Waals surface area contributed by atoms with Crippen molar-refractivity contribution in [1.82, 2.24) is 0 Å². The van der Waals surface area contributed by atoms with E-state index in [1.165, 1.54) is 0 Å². The second kappa shape index (κ2) is 6.14. The Bertz CT molecular complexity index is 714. The molecule has 0 amide bonds. The van der Waals surface area contributed by atoms with Crippen molar-refractivity contribution in [2.45, 2.75) is 11.6 Å². The number of hydrogen-bond acceptors (Lipinski definition) is 2. The molecule has 0 saturated carbocycles. The first-order chi connectivity index (χ1) is 10.7. The predicted octanol–water partition coefficient (Wildman–Crippen LogP) is 3.38. The van der Waals surface area contributed by atoms with Crippen LogP contribution in [0.15, 0.2) is 85.0 Å². The van der Waals surface area contributed by atoms with Crippen molar-refractivity contribution in [3.8, 4) is 0 Å². The van der Waals surface area contributed by atoms with Gasteiger partial charge in [0.05, 0.1) is 11.6 Å². The van der Waals surface area contributed by atoms with Crippen molar-refractivity contribution in [2.75, 3.05) is 0 Å². The zero-order chi connectivity index (χ0) is 15.4. The molecule has 0 aromatic heterocycles. The molecule has 0 radical (unpaired) electrons. The normalized spacial score (nSPS) is 24.5. The van der Waals surface area contributed by atoms with Gasteiger partial charge < -0.3 is 11.5 Å². The summed E-state index contributed by atoms with van der Waals surface area (Å²) in [5.41, 5.74) is 15.6. The Morgan fingerprint density at radius 1 is 0.909 bits per heavy atom. The zero-order valence-corrected chi connectivity index (χ0v) is 12.4. The Labute approximate surface area is 131 Å². The van der Waals surface area contributed by atoms with Crippen LogP contribution in [0.5, 0.6) is 0 Å².